The number of ketones is 1. The van der Waals surface area contributed by atoms with E-state index in [9.17, 15) is 9.59 Å². The Morgan fingerprint density at radius 1 is 1.46 bits per heavy atom. The molecular formula is C10H17NO2. The molecule has 1 fully saturated rings. The van der Waals surface area contributed by atoms with E-state index in [1.54, 1.807) is 6.92 Å². The van der Waals surface area contributed by atoms with Crippen LogP contribution in [-0.4, -0.2) is 17.2 Å². The number of hydrogen-bond acceptors (Lipinski definition) is 2. The van der Waals surface area contributed by atoms with E-state index >= 15 is 0 Å². The zero-order chi connectivity index (χ0) is 10.3. The molecular weight excluding hydrogens is 166 g/mol. The van der Waals surface area contributed by atoms with Gasteiger partial charge >= 0.3 is 0 Å². The van der Waals surface area contributed by atoms with Crippen molar-refractivity contribution in [3.63, 3.8) is 0 Å². The molecule has 0 aliphatic carbocycles. The van der Waals surface area contributed by atoms with E-state index in [4.69, 9.17) is 0 Å². The fraction of sp³-hybridized carbons (Fsp3) is 0.800. The number of carbonyl (C=O) groups is 2. The van der Waals surface area contributed by atoms with Crippen molar-refractivity contribution in [1.29, 1.82) is 0 Å². The van der Waals surface area contributed by atoms with Crippen LogP contribution < -0.4 is 5.32 Å². The van der Waals surface area contributed by atoms with Crippen LogP contribution in [0.15, 0.2) is 0 Å². The molecule has 3 nitrogen and oxygen atoms in total. The van der Waals surface area contributed by atoms with Gasteiger partial charge in [-0.2, -0.15) is 0 Å². The second kappa shape index (κ2) is 2.82. The summed E-state index contributed by atoms with van der Waals surface area (Å²) in [5.41, 5.74) is -0.656. The summed E-state index contributed by atoms with van der Waals surface area (Å²) < 4.78 is 0. The third-order valence-corrected chi connectivity index (χ3v) is 2.50. The lowest BCUT2D eigenvalue weighted by Crippen LogP contribution is -2.40. The number of rotatable bonds is 2. The average Bonchev–Trinajstić information content (AvgIpc) is 1.98. The van der Waals surface area contributed by atoms with Crippen LogP contribution in [0.5, 0.6) is 0 Å². The quantitative estimate of drug-likeness (QED) is 0.700. The molecule has 1 atom stereocenters. The fourth-order valence-corrected chi connectivity index (χ4v) is 2.20. The number of nitrogens with one attached hydrogen (secondary N) is 1. The lowest BCUT2D eigenvalue weighted by Gasteiger charge is -2.23. The molecule has 0 radical (unpaired) electrons. The van der Waals surface area contributed by atoms with E-state index < -0.39 is 0 Å². The van der Waals surface area contributed by atoms with Crippen molar-refractivity contribution in [1.82, 2.24) is 5.32 Å². The predicted octanol–water partition coefficient (Wildman–Crippen LogP) is 1.27. The molecule has 0 aromatic carbocycles. The Bertz CT molecular complexity index is 258. The van der Waals surface area contributed by atoms with Gasteiger partial charge in [-0.25, -0.2) is 0 Å². The first-order valence-corrected chi connectivity index (χ1v) is 4.57. The van der Waals surface area contributed by atoms with E-state index in [0.29, 0.717) is 6.42 Å². The van der Waals surface area contributed by atoms with Gasteiger partial charge in [-0.15, -0.1) is 0 Å². The van der Waals surface area contributed by atoms with Gasteiger partial charge in [-0.05, 0) is 20.3 Å². The summed E-state index contributed by atoms with van der Waals surface area (Å²) in [4.78, 5) is 22.4. The van der Waals surface area contributed by atoms with Crippen LogP contribution in [0, 0.1) is 5.41 Å². The van der Waals surface area contributed by atoms with Crippen molar-refractivity contribution in [2.24, 2.45) is 5.41 Å². The Kier molecular flexibility index (Phi) is 2.22. The lowest BCUT2D eigenvalue weighted by atomic mass is 9.82. The second-order valence-electron chi connectivity index (χ2n) is 4.95. The maximum atomic E-state index is 11.5. The number of hydrogen-bond donors (Lipinski definition) is 1. The van der Waals surface area contributed by atoms with E-state index in [1.165, 1.54) is 0 Å². The Balaban J connectivity index is 2.76. The van der Waals surface area contributed by atoms with Crippen molar-refractivity contribution in [2.45, 2.75) is 46.1 Å². The molecule has 1 aliphatic heterocycles. The van der Waals surface area contributed by atoms with Crippen LogP contribution >= 0.6 is 0 Å². The van der Waals surface area contributed by atoms with Gasteiger partial charge in [0.2, 0.25) is 5.91 Å². The summed E-state index contributed by atoms with van der Waals surface area (Å²) in [7, 11) is 0. The number of amides is 1. The van der Waals surface area contributed by atoms with E-state index in [2.05, 4.69) is 5.32 Å². The van der Waals surface area contributed by atoms with Crippen molar-refractivity contribution in [3.8, 4) is 0 Å². The van der Waals surface area contributed by atoms with Gasteiger partial charge < -0.3 is 5.32 Å². The van der Waals surface area contributed by atoms with Crippen molar-refractivity contribution < 1.29 is 9.59 Å². The lowest BCUT2D eigenvalue weighted by molar-refractivity contribution is -0.126. The largest absolute Gasteiger partial charge is 0.350 e. The summed E-state index contributed by atoms with van der Waals surface area (Å²) in [5, 5.41) is 2.89. The second-order valence-corrected chi connectivity index (χ2v) is 4.95. The van der Waals surface area contributed by atoms with Gasteiger partial charge in [0.05, 0.1) is 0 Å². The van der Waals surface area contributed by atoms with Gasteiger partial charge in [0.1, 0.15) is 5.78 Å². The molecule has 1 N–H and O–H groups in total. The van der Waals surface area contributed by atoms with E-state index in [1.807, 2.05) is 20.8 Å². The van der Waals surface area contributed by atoms with Crippen LogP contribution in [0.4, 0.5) is 0 Å². The van der Waals surface area contributed by atoms with E-state index in [-0.39, 0.29) is 22.6 Å². The predicted molar refractivity (Wildman–Crippen MR) is 50.2 cm³/mol. The molecule has 13 heavy (non-hydrogen) atoms. The van der Waals surface area contributed by atoms with Crippen LogP contribution in [-0.2, 0) is 9.59 Å². The topological polar surface area (TPSA) is 46.2 Å². The van der Waals surface area contributed by atoms with Gasteiger partial charge in [0.15, 0.2) is 0 Å². The van der Waals surface area contributed by atoms with Gasteiger partial charge in [0.25, 0.3) is 0 Å². The van der Waals surface area contributed by atoms with Gasteiger partial charge in [-0.3, -0.25) is 9.59 Å². The highest BCUT2D eigenvalue weighted by atomic mass is 16.2. The summed E-state index contributed by atoms with van der Waals surface area (Å²) >= 11 is 0. The van der Waals surface area contributed by atoms with Gasteiger partial charge in [-0.1, -0.05) is 13.8 Å². The Morgan fingerprint density at radius 2 is 2.00 bits per heavy atom. The molecule has 1 aliphatic rings. The molecule has 1 saturated heterocycles. The van der Waals surface area contributed by atoms with Gasteiger partial charge in [0, 0.05) is 17.4 Å². The molecule has 74 valence electrons. The molecule has 1 heterocycles. The first-order chi connectivity index (χ1) is 5.75. The molecule has 0 aromatic heterocycles. The summed E-state index contributed by atoms with van der Waals surface area (Å²) in [6.07, 6.45) is 1.17. The van der Waals surface area contributed by atoms with Crippen LogP contribution in [0.3, 0.4) is 0 Å². The Morgan fingerprint density at radius 3 is 2.31 bits per heavy atom. The number of Topliss-reactive ketones (excluding diaryl/α,β-unsaturated/α-hetero) is 1. The monoisotopic (exact) mass is 183 g/mol. The maximum absolute atomic E-state index is 11.5. The van der Waals surface area contributed by atoms with Crippen LogP contribution in [0.2, 0.25) is 0 Å². The molecule has 0 aromatic rings. The fourth-order valence-electron chi connectivity index (χ4n) is 2.20. The minimum Gasteiger partial charge on any atom is -0.350 e. The minimum absolute atomic E-state index is 0.0521. The van der Waals surface area contributed by atoms with Crippen LogP contribution in [0.25, 0.3) is 0 Å². The molecule has 1 amide bonds. The molecule has 3 heteroatoms. The average molecular weight is 183 g/mol. The third-order valence-electron chi connectivity index (χ3n) is 2.50. The SMILES string of the molecule is CC(=O)CC1(C)CC(C)(C)C(=O)N1. The normalized spacial score (nSPS) is 31.5. The molecule has 0 spiro atoms. The third kappa shape index (κ3) is 2.08. The standard InChI is InChI=1S/C10H17NO2/c1-7(12)5-10(4)6-9(2,3)8(13)11-10/h5-6H2,1-4H3,(H,11,13). The Hall–Kier alpha value is -0.860. The van der Waals surface area contributed by atoms with Crippen molar-refractivity contribution >= 4 is 11.7 Å². The summed E-state index contributed by atoms with van der Waals surface area (Å²) in [5.74, 6) is 0.178. The number of carbonyl (C=O) groups excluding carboxylic acids is 2. The summed E-state index contributed by atoms with van der Waals surface area (Å²) in [6, 6.07) is 0. The zero-order valence-corrected chi connectivity index (χ0v) is 8.73. The summed E-state index contributed by atoms with van der Waals surface area (Å²) in [6.45, 7) is 7.31. The van der Waals surface area contributed by atoms with Crippen molar-refractivity contribution in [3.05, 3.63) is 0 Å². The molecule has 0 bridgehead atoms. The maximum Gasteiger partial charge on any atom is 0.226 e. The van der Waals surface area contributed by atoms with Crippen molar-refractivity contribution in [2.75, 3.05) is 0 Å². The highest BCUT2D eigenvalue weighted by Gasteiger charge is 2.46. The molecule has 0 saturated carbocycles. The first kappa shape index (κ1) is 10.2. The first-order valence-electron chi connectivity index (χ1n) is 4.57. The van der Waals surface area contributed by atoms with Crippen LogP contribution in [0.1, 0.15) is 40.5 Å². The highest BCUT2D eigenvalue weighted by Crippen LogP contribution is 2.36. The smallest absolute Gasteiger partial charge is 0.226 e. The molecule has 1 unspecified atom stereocenters. The zero-order valence-electron chi connectivity index (χ0n) is 8.73. The minimum atomic E-state index is -0.329. The Labute approximate surface area is 78.9 Å². The molecule has 1 rings (SSSR count). The highest BCUT2D eigenvalue weighted by molar-refractivity contribution is 5.87. The van der Waals surface area contributed by atoms with E-state index in [0.717, 1.165) is 6.42 Å².